The molecule has 7 heteroatoms. The molecule has 0 atom stereocenters. The molecule has 1 amide bonds. The number of anilines is 1. The quantitative estimate of drug-likeness (QED) is 0.862. The van der Waals surface area contributed by atoms with Crippen LogP contribution in [0.25, 0.3) is 0 Å². The van der Waals surface area contributed by atoms with Gasteiger partial charge in [0, 0.05) is 13.6 Å². The Morgan fingerprint density at radius 3 is 3.06 bits per heavy atom. The average Bonchev–Trinajstić information content (AvgIpc) is 2.97. The third-order valence-electron chi connectivity index (χ3n) is 2.27. The molecule has 0 aliphatic rings. The minimum absolute atomic E-state index is 0.109. The lowest BCUT2D eigenvalue weighted by Gasteiger charge is -2.15. The van der Waals surface area contributed by atoms with Gasteiger partial charge in [-0.15, -0.1) is 11.8 Å². The summed E-state index contributed by atoms with van der Waals surface area (Å²) in [6.07, 6.45) is 1.71. The van der Waals surface area contributed by atoms with Crippen molar-refractivity contribution in [1.82, 2.24) is 9.88 Å². The van der Waals surface area contributed by atoms with Crippen LogP contribution in [0.2, 0.25) is 0 Å². The summed E-state index contributed by atoms with van der Waals surface area (Å²) in [5, 5.41) is 4.61. The first-order chi connectivity index (χ1) is 8.65. The molecule has 0 aromatic carbocycles. The van der Waals surface area contributed by atoms with Gasteiger partial charge in [-0.25, -0.2) is 4.98 Å². The van der Waals surface area contributed by atoms with Gasteiger partial charge >= 0.3 is 0 Å². The molecule has 96 valence electrons. The van der Waals surface area contributed by atoms with E-state index in [4.69, 9.17) is 5.73 Å². The summed E-state index contributed by atoms with van der Waals surface area (Å²) in [6, 6.07) is 2.03. The van der Waals surface area contributed by atoms with E-state index in [-0.39, 0.29) is 5.91 Å². The molecule has 0 bridgehead atoms. The summed E-state index contributed by atoms with van der Waals surface area (Å²) in [5.74, 6) is 0.528. The molecule has 2 aromatic rings. The minimum atomic E-state index is 0.109. The number of thioether (sulfide) groups is 1. The standard InChI is InChI=1S/C11H13N3OS3/c1-14(5-8-2-3-16-6-8)9(15)7-17-10-4-13-11(12)18-10/h2-4,6H,5,7H2,1H3,(H2,12,13). The first-order valence-corrected chi connectivity index (χ1v) is 7.99. The average molecular weight is 299 g/mol. The molecule has 0 saturated carbocycles. The van der Waals surface area contributed by atoms with Crippen LogP contribution in [0.5, 0.6) is 0 Å². The molecule has 0 spiro atoms. The molecule has 2 rings (SSSR count). The third-order valence-corrected chi connectivity index (χ3v) is 5.00. The van der Waals surface area contributed by atoms with Crippen LogP contribution in [-0.4, -0.2) is 28.6 Å². The maximum absolute atomic E-state index is 11.9. The number of hydrogen-bond donors (Lipinski definition) is 1. The molecule has 0 radical (unpaired) electrons. The number of thiazole rings is 1. The Morgan fingerprint density at radius 1 is 1.61 bits per heavy atom. The molecule has 4 nitrogen and oxygen atoms in total. The van der Waals surface area contributed by atoms with Gasteiger partial charge in [-0.05, 0) is 22.4 Å². The van der Waals surface area contributed by atoms with Gasteiger partial charge in [0.1, 0.15) is 0 Å². The molecule has 0 saturated heterocycles. The van der Waals surface area contributed by atoms with Crippen LogP contribution in [0.15, 0.2) is 27.2 Å². The highest BCUT2D eigenvalue weighted by molar-refractivity contribution is 8.01. The van der Waals surface area contributed by atoms with Gasteiger partial charge in [-0.2, -0.15) is 11.3 Å². The number of amides is 1. The van der Waals surface area contributed by atoms with E-state index in [9.17, 15) is 4.79 Å². The lowest BCUT2D eigenvalue weighted by molar-refractivity contribution is -0.127. The molecule has 18 heavy (non-hydrogen) atoms. The van der Waals surface area contributed by atoms with Crippen molar-refractivity contribution < 1.29 is 4.79 Å². The number of nitrogens with zero attached hydrogens (tertiary/aromatic N) is 2. The van der Waals surface area contributed by atoms with Crippen LogP contribution in [-0.2, 0) is 11.3 Å². The Labute approximate surface area is 118 Å². The maximum atomic E-state index is 11.9. The molecule has 0 aliphatic carbocycles. The smallest absolute Gasteiger partial charge is 0.233 e. The van der Waals surface area contributed by atoms with Crippen molar-refractivity contribution in [1.29, 1.82) is 0 Å². The van der Waals surface area contributed by atoms with Gasteiger partial charge in [-0.3, -0.25) is 4.79 Å². The molecule has 2 N–H and O–H groups in total. The van der Waals surface area contributed by atoms with Gasteiger partial charge in [-0.1, -0.05) is 11.3 Å². The second kappa shape index (κ2) is 6.21. The summed E-state index contributed by atoms with van der Waals surface area (Å²) in [6.45, 7) is 0.660. The van der Waals surface area contributed by atoms with E-state index in [1.807, 2.05) is 18.5 Å². The number of nitrogen functional groups attached to an aromatic ring is 1. The summed E-state index contributed by atoms with van der Waals surface area (Å²) in [4.78, 5) is 17.6. The number of hydrogen-bond acceptors (Lipinski definition) is 6. The highest BCUT2D eigenvalue weighted by Gasteiger charge is 2.11. The van der Waals surface area contributed by atoms with Crippen molar-refractivity contribution in [3.63, 3.8) is 0 Å². The first-order valence-electron chi connectivity index (χ1n) is 5.24. The number of nitrogens with two attached hydrogens (primary N) is 1. The van der Waals surface area contributed by atoms with Gasteiger partial charge in [0.05, 0.1) is 16.2 Å². The lowest BCUT2D eigenvalue weighted by atomic mass is 10.3. The van der Waals surface area contributed by atoms with Crippen molar-refractivity contribution in [3.05, 3.63) is 28.6 Å². The van der Waals surface area contributed by atoms with E-state index in [1.165, 1.54) is 28.7 Å². The fourth-order valence-corrected chi connectivity index (χ4v) is 3.69. The van der Waals surface area contributed by atoms with E-state index < -0.39 is 0 Å². The van der Waals surface area contributed by atoms with E-state index >= 15 is 0 Å². The minimum Gasteiger partial charge on any atom is -0.375 e. The Bertz CT molecular complexity index is 509. The third kappa shape index (κ3) is 3.72. The van der Waals surface area contributed by atoms with Crippen LogP contribution < -0.4 is 5.73 Å². The highest BCUT2D eigenvalue weighted by atomic mass is 32.2. The van der Waals surface area contributed by atoms with Crippen molar-refractivity contribution in [2.75, 3.05) is 18.5 Å². The number of rotatable bonds is 5. The van der Waals surface area contributed by atoms with Crippen molar-refractivity contribution in [2.24, 2.45) is 0 Å². The SMILES string of the molecule is CN(Cc1ccsc1)C(=O)CSc1cnc(N)s1. The predicted molar refractivity (Wildman–Crippen MR) is 78.0 cm³/mol. The van der Waals surface area contributed by atoms with Crippen LogP contribution in [0.1, 0.15) is 5.56 Å². The summed E-state index contributed by atoms with van der Waals surface area (Å²) >= 11 is 4.53. The first kappa shape index (κ1) is 13.4. The van der Waals surface area contributed by atoms with Crippen LogP contribution in [0, 0.1) is 0 Å². The highest BCUT2D eigenvalue weighted by Crippen LogP contribution is 2.26. The monoisotopic (exact) mass is 299 g/mol. The summed E-state index contributed by atoms with van der Waals surface area (Å²) in [7, 11) is 1.82. The van der Waals surface area contributed by atoms with E-state index in [2.05, 4.69) is 10.4 Å². The number of thiophene rings is 1. The van der Waals surface area contributed by atoms with E-state index in [0.717, 1.165) is 4.21 Å². The summed E-state index contributed by atoms with van der Waals surface area (Å²) < 4.78 is 0.977. The molecule has 0 aliphatic heterocycles. The zero-order valence-corrected chi connectivity index (χ0v) is 12.3. The maximum Gasteiger partial charge on any atom is 0.233 e. The second-order valence-corrected chi connectivity index (χ2v) is 6.81. The molecule has 0 fully saturated rings. The molecule has 0 unspecified atom stereocenters. The fraction of sp³-hybridized carbons (Fsp3) is 0.273. The van der Waals surface area contributed by atoms with E-state index in [0.29, 0.717) is 17.4 Å². The second-order valence-electron chi connectivity index (χ2n) is 3.69. The van der Waals surface area contributed by atoms with Crippen molar-refractivity contribution >= 4 is 45.5 Å². The molecular formula is C11H13N3OS3. The lowest BCUT2D eigenvalue weighted by Crippen LogP contribution is -2.27. The van der Waals surface area contributed by atoms with Gasteiger partial charge in [0.25, 0.3) is 0 Å². The zero-order valence-electron chi connectivity index (χ0n) is 9.83. The fourth-order valence-electron chi connectivity index (χ4n) is 1.33. The largest absolute Gasteiger partial charge is 0.375 e. The predicted octanol–water partition coefficient (Wildman–Crippen LogP) is 2.54. The van der Waals surface area contributed by atoms with Crippen LogP contribution in [0.4, 0.5) is 5.13 Å². The normalized spacial score (nSPS) is 10.5. The number of carbonyl (C=O) groups is 1. The van der Waals surface area contributed by atoms with Gasteiger partial charge < -0.3 is 10.6 Å². The Balaban J connectivity index is 1.80. The Morgan fingerprint density at radius 2 is 2.44 bits per heavy atom. The van der Waals surface area contributed by atoms with Gasteiger partial charge in [0.15, 0.2) is 5.13 Å². The van der Waals surface area contributed by atoms with Crippen LogP contribution >= 0.6 is 34.4 Å². The van der Waals surface area contributed by atoms with Gasteiger partial charge in [0.2, 0.25) is 5.91 Å². The zero-order chi connectivity index (χ0) is 13.0. The Kier molecular flexibility index (Phi) is 4.62. The van der Waals surface area contributed by atoms with Crippen molar-refractivity contribution in [2.45, 2.75) is 10.8 Å². The number of aromatic nitrogens is 1. The topological polar surface area (TPSA) is 59.2 Å². The van der Waals surface area contributed by atoms with Crippen molar-refractivity contribution in [3.8, 4) is 0 Å². The molecule has 2 aromatic heterocycles. The molecular weight excluding hydrogens is 286 g/mol. The Hall–Kier alpha value is -1.05. The molecule has 2 heterocycles. The van der Waals surface area contributed by atoms with E-state index in [1.54, 1.807) is 22.4 Å². The summed E-state index contributed by atoms with van der Waals surface area (Å²) in [5.41, 5.74) is 6.70. The number of carbonyl (C=O) groups excluding carboxylic acids is 1. The van der Waals surface area contributed by atoms with Crippen LogP contribution in [0.3, 0.4) is 0 Å².